The number of carbonyl (C=O) groups is 3. The minimum atomic E-state index is -3.86. The lowest BCUT2D eigenvalue weighted by Gasteiger charge is -2.26. The highest BCUT2D eigenvalue weighted by molar-refractivity contribution is 7.55. The first kappa shape index (κ1) is 24.8. The molecule has 1 rings (SSSR count). The Morgan fingerprint density at radius 2 is 1.55 bits per heavy atom. The Kier molecular flexibility index (Phi) is 9.49. The van der Waals surface area contributed by atoms with E-state index in [1.165, 1.54) is 32.9 Å². The van der Waals surface area contributed by atoms with Gasteiger partial charge in [0.25, 0.3) is 0 Å². The molecule has 29 heavy (non-hydrogen) atoms. The molecule has 0 aliphatic heterocycles. The monoisotopic (exact) mass is 430 g/mol. The summed E-state index contributed by atoms with van der Waals surface area (Å²) in [6.45, 7) is 8.90. The second-order valence-corrected chi connectivity index (χ2v) is 8.35. The van der Waals surface area contributed by atoms with E-state index in [1.54, 1.807) is 26.8 Å². The third-order valence-electron chi connectivity index (χ3n) is 3.66. The van der Waals surface area contributed by atoms with E-state index >= 15 is 0 Å². The molecule has 0 fully saturated rings. The molecule has 0 saturated heterocycles. The van der Waals surface area contributed by atoms with Crippen LogP contribution in [0.1, 0.15) is 53.2 Å². The van der Waals surface area contributed by atoms with Crippen molar-refractivity contribution in [3.8, 4) is 11.5 Å². The molecule has 0 radical (unpaired) electrons. The van der Waals surface area contributed by atoms with Crippen LogP contribution in [0.25, 0.3) is 0 Å². The van der Waals surface area contributed by atoms with Crippen molar-refractivity contribution in [3.63, 3.8) is 0 Å². The molecular formula is C19H27O9P. The van der Waals surface area contributed by atoms with Gasteiger partial charge in [-0.1, -0.05) is 6.07 Å². The Balaban J connectivity index is 3.18. The van der Waals surface area contributed by atoms with Crippen LogP contribution in [0.4, 0.5) is 0 Å². The van der Waals surface area contributed by atoms with Gasteiger partial charge in [0.15, 0.2) is 17.2 Å². The summed E-state index contributed by atoms with van der Waals surface area (Å²) in [5, 5.41) is 0. The van der Waals surface area contributed by atoms with Crippen molar-refractivity contribution in [1.82, 2.24) is 0 Å². The van der Waals surface area contributed by atoms with Gasteiger partial charge in [0.05, 0.1) is 19.3 Å². The molecule has 9 nitrogen and oxygen atoms in total. The Morgan fingerprint density at radius 1 is 0.966 bits per heavy atom. The van der Waals surface area contributed by atoms with Gasteiger partial charge in [-0.3, -0.25) is 18.9 Å². The molecule has 0 aliphatic carbocycles. The van der Waals surface area contributed by atoms with Crippen LogP contribution in [0.5, 0.6) is 11.5 Å². The maximum absolute atomic E-state index is 13.2. The minimum Gasteiger partial charge on any atom is -0.465 e. The summed E-state index contributed by atoms with van der Waals surface area (Å²) < 4.78 is 39.2. The molecule has 0 N–H and O–H groups in total. The zero-order chi connectivity index (χ0) is 22.2. The van der Waals surface area contributed by atoms with E-state index in [0.717, 1.165) is 0 Å². The number of esters is 3. The van der Waals surface area contributed by atoms with Gasteiger partial charge in [-0.05, 0) is 45.4 Å². The lowest BCUT2D eigenvalue weighted by Crippen LogP contribution is -2.23. The Morgan fingerprint density at radius 3 is 2.07 bits per heavy atom. The molecule has 10 heteroatoms. The molecule has 1 aromatic rings. The highest BCUT2D eigenvalue weighted by Gasteiger charge is 2.40. The van der Waals surface area contributed by atoms with E-state index in [1.807, 2.05) is 0 Å². The summed E-state index contributed by atoms with van der Waals surface area (Å²) in [5.41, 5.74) is -0.661. The Bertz CT molecular complexity index is 790. The molecule has 162 valence electrons. The number of ether oxygens (including phenoxy) is 3. The highest BCUT2D eigenvalue weighted by Crippen LogP contribution is 2.56. The molecule has 3 atom stereocenters. The van der Waals surface area contributed by atoms with E-state index in [0.29, 0.717) is 5.56 Å². The number of carbonyl (C=O) groups excluding carboxylic acids is 3. The van der Waals surface area contributed by atoms with Gasteiger partial charge in [0.1, 0.15) is 0 Å². The smallest absolute Gasteiger partial charge is 0.345 e. The SMILES string of the molecule is CCOC(=O)C(C)P(=O)(OCC)OC(C)c1ccc(OC(C)=O)c(OC(C)=O)c1. The molecule has 0 saturated carbocycles. The number of hydrogen-bond donors (Lipinski definition) is 0. The van der Waals surface area contributed by atoms with Crippen LogP contribution in [0.2, 0.25) is 0 Å². The molecular weight excluding hydrogens is 403 g/mol. The molecule has 3 unspecified atom stereocenters. The topological polar surface area (TPSA) is 114 Å². The zero-order valence-electron chi connectivity index (χ0n) is 17.4. The van der Waals surface area contributed by atoms with Crippen molar-refractivity contribution in [2.24, 2.45) is 0 Å². The average Bonchev–Trinajstić information content (AvgIpc) is 2.61. The van der Waals surface area contributed by atoms with E-state index in [4.69, 9.17) is 23.3 Å². The number of hydrogen-bond acceptors (Lipinski definition) is 9. The number of rotatable bonds is 10. The van der Waals surface area contributed by atoms with Gasteiger partial charge in [-0.15, -0.1) is 0 Å². The van der Waals surface area contributed by atoms with Crippen molar-refractivity contribution < 1.29 is 42.2 Å². The van der Waals surface area contributed by atoms with Crippen molar-refractivity contribution in [2.75, 3.05) is 13.2 Å². The summed E-state index contributed by atoms with van der Waals surface area (Å²) in [6.07, 6.45) is -0.801. The summed E-state index contributed by atoms with van der Waals surface area (Å²) in [4.78, 5) is 34.6. The van der Waals surface area contributed by atoms with Crippen LogP contribution in [0.15, 0.2) is 18.2 Å². The first-order valence-electron chi connectivity index (χ1n) is 9.14. The first-order chi connectivity index (χ1) is 13.5. The van der Waals surface area contributed by atoms with Crippen LogP contribution >= 0.6 is 7.60 Å². The van der Waals surface area contributed by atoms with Crippen molar-refractivity contribution in [2.45, 2.75) is 53.3 Å². The lowest BCUT2D eigenvalue weighted by atomic mass is 10.1. The molecule has 1 aromatic carbocycles. The predicted octanol–water partition coefficient (Wildman–Crippen LogP) is 3.80. The van der Waals surface area contributed by atoms with Crippen LogP contribution in [0, 0.1) is 0 Å². The number of benzene rings is 1. The van der Waals surface area contributed by atoms with Crippen molar-refractivity contribution in [1.29, 1.82) is 0 Å². The fraction of sp³-hybridized carbons (Fsp3) is 0.526. The summed E-state index contributed by atoms with van der Waals surface area (Å²) in [5.74, 6) is -1.83. The molecule has 0 aliphatic rings. The maximum atomic E-state index is 13.2. The standard InChI is InChI=1S/C19H27O9P/c1-7-24-19(22)13(4)29(23,25-8-2)28-12(3)16-9-10-17(26-14(5)20)18(11-16)27-15(6)21/h9-13H,7-8H2,1-6H3. The van der Waals surface area contributed by atoms with Gasteiger partial charge >= 0.3 is 25.5 Å². The molecule has 0 amide bonds. The third-order valence-corrected chi connectivity index (χ3v) is 6.05. The minimum absolute atomic E-state index is 0.00494. The van der Waals surface area contributed by atoms with Gasteiger partial charge < -0.3 is 23.3 Å². The third kappa shape index (κ3) is 7.27. The van der Waals surface area contributed by atoms with Crippen molar-refractivity contribution >= 4 is 25.5 Å². The molecule has 0 aromatic heterocycles. The van der Waals surface area contributed by atoms with Crippen LogP contribution in [0.3, 0.4) is 0 Å². The van der Waals surface area contributed by atoms with Crippen molar-refractivity contribution in [3.05, 3.63) is 23.8 Å². The van der Waals surface area contributed by atoms with Crippen LogP contribution < -0.4 is 9.47 Å². The first-order valence-corrected chi connectivity index (χ1v) is 10.7. The zero-order valence-corrected chi connectivity index (χ0v) is 18.3. The van der Waals surface area contributed by atoms with Gasteiger partial charge in [0.2, 0.25) is 0 Å². The average molecular weight is 430 g/mol. The quantitative estimate of drug-likeness (QED) is 0.310. The van der Waals surface area contributed by atoms with E-state index in [2.05, 4.69) is 0 Å². The van der Waals surface area contributed by atoms with Crippen LogP contribution in [-0.2, 0) is 32.7 Å². The van der Waals surface area contributed by atoms with Crippen LogP contribution in [-0.4, -0.2) is 36.8 Å². The van der Waals surface area contributed by atoms with Gasteiger partial charge in [-0.2, -0.15) is 0 Å². The molecule has 0 spiro atoms. The van der Waals surface area contributed by atoms with E-state index in [-0.39, 0.29) is 24.7 Å². The van der Waals surface area contributed by atoms with E-state index < -0.39 is 37.3 Å². The fourth-order valence-electron chi connectivity index (χ4n) is 2.34. The lowest BCUT2D eigenvalue weighted by molar-refractivity contribution is -0.142. The largest absolute Gasteiger partial charge is 0.465 e. The summed E-state index contributed by atoms with van der Waals surface area (Å²) >= 11 is 0. The second kappa shape index (κ2) is 11.1. The molecule has 0 bridgehead atoms. The maximum Gasteiger partial charge on any atom is 0.345 e. The van der Waals surface area contributed by atoms with Gasteiger partial charge in [0, 0.05) is 13.8 Å². The van der Waals surface area contributed by atoms with Gasteiger partial charge in [-0.25, -0.2) is 0 Å². The summed E-state index contributed by atoms with van der Waals surface area (Å²) in [7, 11) is -3.86. The fourth-order valence-corrected chi connectivity index (χ4v) is 4.06. The highest BCUT2D eigenvalue weighted by atomic mass is 31.2. The Labute approximate surface area is 170 Å². The normalized spacial score (nSPS) is 15.0. The Hall–Kier alpha value is -2.22. The molecule has 0 heterocycles. The van der Waals surface area contributed by atoms with E-state index in [9.17, 15) is 18.9 Å². The predicted molar refractivity (Wildman–Crippen MR) is 104 cm³/mol. The second-order valence-electron chi connectivity index (χ2n) is 6.03. The summed E-state index contributed by atoms with van der Waals surface area (Å²) in [6, 6.07) is 4.41.